The second-order valence-electron chi connectivity index (χ2n) is 7.16. The van der Waals surface area contributed by atoms with Crippen molar-refractivity contribution >= 4 is 5.91 Å². The summed E-state index contributed by atoms with van der Waals surface area (Å²) in [7, 11) is 0. The van der Waals surface area contributed by atoms with Crippen LogP contribution in [0.25, 0.3) is 0 Å². The number of alkyl halides is 3. The molecular weight excluding hydrogens is 387 g/mol. The summed E-state index contributed by atoms with van der Waals surface area (Å²) in [5.41, 5.74) is 0.863. The average molecular weight is 411 g/mol. The highest BCUT2D eigenvalue weighted by Crippen LogP contribution is 2.34. The zero-order chi connectivity index (χ0) is 21.0. The Morgan fingerprint density at radius 3 is 2.69 bits per heavy atom. The minimum Gasteiger partial charge on any atom is -0.484 e. The van der Waals surface area contributed by atoms with Gasteiger partial charge in [-0.15, -0.1) is 0 Å². The lowest BCUT2D eigenvalue weighted by molar-refractivity contribution is -0.142. The number of carbonyl (C=O) groups is 1. The van der Waals surface area contributed by atoms with Crippen LogP contribution in [0.1, 0.15) is 42.3 Å². The van der Waals surface area contributed by atoms with E-state index in [1.54, 1.807) is 12.1 Å². The average Bonchev–Trinajstić information content (AvgIpc) is 3.06. The van der Waals surface area contributed by atoms with Crippen molar-refractivity contribution in [1.29, 1.82) is 0 Å². The molecule has 0 radical (unpaired) electrons. The largest absolute Gasteiger partial charge is 0.484 e. The highest BCUT2D eigenvalue weighted by molar-refractivity contribution is 5.77. The fraction of sp³-hybridized carbons (Fsp3) is 0.500. The highest BCUT2D eigenvalue weighted by atomic mass is 19.4. The maximum Gasteiger partial charge on any atom is 0.435 e. The van der Waals surface area contributed by atoms with E-state index in [4.69, 9.17) is 9.47 Å². The maximum absolute atomic E-state index is 13.2. The van der Waals surface area contributed by atoms with Crippen LogP contribution in [0.5, 0.6) is 5.75 Å². The number of nitrogens with zero attached hydrogens (tertiary/aromatic N) is 2. The molecule has 1 aliphatic rings. The Balaban J connectivity index is 1.51. The predicted octanol–water partition coefficient (Wildman–Crippen LogP) is 3.29. The van der Waals surface area contributed by atoms with E-state index in [9.17, 15) is 18.0 Å². The van der Waals surface area contributed by atoms with E-state index in [1.165, 1.54) is 10.2 Å². The topological polar surface area (TPSA) is 65.4 Å². The number of aromatic nitrogens is 2. The van der Waals surface area contributed by atoms with Crippen LogP contribution in [0, 0.1) is 0 Å². The van der Waals surface area contributed by atoms with Gasteiger partial charge < -0.3 is 14.8 Å². The molecule has 1 aromatic carbocycles. The van der Waals surface area contributed by atoms with Crippen LogP contribution in [0.2, 0.25) is 0 Å². The Kier molecular flexibility index (Phi) is 6.46. The third kappa shape index (κ3) is 5.29. The van der Waals surface area contributed by atoms with Crippen LogP contribution in [0.3, 0.4) is 0 Å². The van der Waals surface area contributed by atoms with E-state index in [0.29, 0.717) is 30.4 Å². The summed E-state index contributed by atoms with van der Waals surface area (Å²) in [4.78, 5) is 12.0. The number of benzene rings is 1. The smallest absolute Gasteiger partial charge is 0.435 e. The first-order valence-electron chi connectivity index (χ1n) is 9.48. The summed E-state index contributed by atoms with van der Waals surface area (Å²) < 4.78 is 51.4. The van der Waals surface area contributed by atoms with E-state index >= 15 is 0 Å². The molecule has 0 saturated heterocycles. The number of rotatable bonds is 7. The number of carbonyl (C=O) groups excluding carboxylic acids is 1. The number of ether oxygens (including phenoxy) is 2. The van der Waals surface area contributed by atoms with Gasteiger partial charge in [0.1, 0.15) is 5.75 Å². The van der Waals surface area contributed by atoms with E-state index in [-0.39, 0.29) is 37.8 Å². The third-order valence-corrected chi connectivity index (χ3v) is 4.73. The molecule has 2 aromatic rings. The van der Waals surface area contributed by atoms with E-state index < -0.39 is 11.9 Å². The molecule has 0 unspecified atom stereocenters. The van der Waals surface area contributed by atoms with E-state index in [0.717, 1.165) is 0 Å². The van der Waals surface area contributed by atoms with Crippen LogP contribution in [0.15, 0.2) is 24.3 Å². The molecule has 0 fully saturated rings. The molecule has 3 rings (SSSR count). The minimum absolute atomic E-state index is 0.0863. The van der Waals surface area contributed by atoms with Crippen molar-refractivity contribution in [2.45, 2.75) is 45.5 Å². The number of fused-ring (bicyclic) bond motifs is 1. The fourth-order valence-electron chi connectivity index (χ4n) is 3.17. The van der Waals surface area contributed by atoms with E-state index in [1.807, 2.05) is 12.1 Å². The molecule has 0 aliphatic carbocycles. The Morgan fingerprint density at radius 1 is 1.31 bits per heavy atom. The van der Waals surface area contributed by atoms with Crippen molar-refractivity contribution in [3.63, 3.8) is 0 Å². The molecular formula is C20H24F3N3O3. The molecule has 29 heavy (non-hydrogen) atoms. The highest BCUT2D eigenvalue weighted by Gasteiger charge is 2.39. The fourth-order valence-corrected chi connectivity index (χ4v) is 3.17. The molecule has 1 amide bonds. The Hall–Kier alpha value is -2.55. The van der Waals surface area contributed by atoms with Crippen molar-refractivity contribution in [3.8, 4) is 5.75 Å². The molecule has 1 aromatic heterocycles. The van der Waals surface area contributed by atoms with Gasteiger partial charge >= 0.3 is 6.18 Å². The lowest BCUT2D eigenvalue weighted by atomic mass is 10.0. The van der Waals surface area contributed by atoms with Crippen LogP contribution in [-0.2, 0) is 35.3 Å². The molecule has 1 N–H and O–H groups in total. The van der Waals surface area contributed by atoms with Gasteiger partial charge in [-0.3, -0.25) is 9.48 Å². The molecule has 2 heterocycles. The zero-order valence-electron chi connectivity index (χ0n) is 16.4. The predicted molar refractivity (Wildman–Crippen MR) is 99.6 cm³/mol. The quantitative estimate of drug-likeness (QED) is 0.759. The van der Waals surface area contributed by atoms with Crippen molar-refractivity contribution in [3.05, 3.63) is 46.8 Å². The van der Waals surface area contributed by atoms with Gasteiger partial charge in [0.2, 0.25) is 0 Å². The van der Waals surface area contributed by atoms with E-state index in [2.05, 4.69) is 24.3 Å². The molecule has 6 nitrogen and oxygen atoms in total. The van der Waals surface area contributed by atoms with Gasteiger partial charge in [-0.05, 0) is 23.6 Å². The van der Waals surface area contributed by atoms with Gasteiger partial charge in [0.15, 0.2) is 12.3 Å². The number of hydrogen-bond donors (Lipinski definition) is 1. The second kappa shape index (κ2) is 8.86. The van der Waals surface area contributed by atoms with Crippen molar-refractivity contribution in [1.82, 2.24) is 15.1 Å². The molecule has 0 spiro atoms. The van der Waals surface area contributed by atoms with Crippen molar-refractivity contribution in [2.75, 3.05) is 19.8 Å². The molecule has 9 heteroatoms. The van der Waals surface area contributed by atoms with Crippen LogP contribution < -0.4 is 10.1 Å². The Bertz CT molecular complexity index is 845. The van der Waals surface area contributed by atoms with Crippen LogP contribution in [0.4, 0.5) is 13.2 Å². The van der Waals surface area contributed by atoms with Crippen LogP contribution in [-0.4, -0.2) is 35.4 Å². The number of hydrogen-bond acceptors (Lipinski definition) is 4. The molecule has 158 valence electrons. The summed E-state index contributed by atoms with van der Waals surface area (Å²) in [5.74, 6) is 0.642. The number of nitrogens with one attached hydrogen (secondary N) is 1. The van der Waals surface area contributed by atoms with Gasteiger partial charge in [0, 0.05) is 24.2 Å². The lowest BCUT2D eigenvalue weighted by Gasteiger charge is -2.15. The third-order valence-electron chi connectivity index (χ3n) is 4.73. The molecule has 0 saturated carbocycles. The summed E-state index contributed by atoms with van der Waals surface area (Å²) in [5, 5.41) is 6.35. The molecule has 0 atom stereocenters. The lowest BCUT2D eigenvalue weighted by Crippen LogP contribution is -2.32. The summed E-state index contributed by atoms with van der Waals surface area (Å²) in [6.45, 7) is 4.56. The molecule has 0 bridgehead atoms. The number of halogens is 3. The van der Waals surface area contributed by atoms with Gasteiger partial charge in [0.05, 0.1) is 19.8 Å². The first kappa shape index (κ1) is 21.2. The first-order valence-corrected chi connectivity index (χ1v) is 9.48. The summed E-state index contributed by atoms with van der Waals surface area (Å²) in [6.07, 6.45) is -4.17. The SMILES string of the molecule is CC(C)c1ccc(OCC(=O)NCCn2nc(C(F)(F)F)c3c2CCOC3)cc1. The van der Waals surface area contributed by atoms with Gasteiger partial charge in [-0.25, -0.2) is 0 Å². The Morgan fingerprint density at radius 2 is 2.03 bits per heavy atom. The van der Waals surface area contributed by atoms with Crippen molar-refractivity contribution < 1.29 is 27.4 Å². The standard InChI is InChI=1S/C20H24F3N3O3/c1-13(2)14-3-5-15(6-4-14)29-12-18(27)24-8-9-26-17-7-10-28-11-16(17)19(25-26)20(21,22)23/h3-6,13H,7-12H2,1-2H3,(H,24,27). The monoisotopic (exact) mass is 411 g/mol. The second-order valence-corrected chi connectivity index (χ2v) is 7.16. The normalized spacial score (nSPS) is 14.0. The van der Waals surface area contributed by atoms with Gasteiger partial charge in [-0.2, -0.15) is 18.3 Å². The first-order chi connectivity index (χ1) is 13.8. The van der Waals surface area contributed by atoms with Crippen molar-refractivity contribution in [2.24, 2.45) is 0 Å². The summed E-state index contributed by atoms with van der Waals surface area (Å²) >= 11 is 0. The molecule has 1 aliphatic heterocycles. The Labute approximate surface area is 167 Å². The minimum atomic E-state index is -4.53. The van der Waals surface area contributed by atoms with Gasteiger partial charge in [-0.1, -0.05) is 26.0 Å². The van der Waals surface area contributed by atoms with Crippen LogP contribution >= 0.6 is 0 Å². The zero-order valence-corrected chi connectivity index (χ0v) is 16.4. The summed E-state index contributed by atoms with van der Waals surface area (Å²) in [6, 6.07) is 7.50. The number of amides is 1. The maximum atomic E-state index is 13.2. The van der Waals surface area contributed by atoms with Gasteiger partial charge in [0.25, 0.3) is 5.91 Å².